The number of carboxylic acids is 1. The molecule has 9 nitrogen and oxygen atoms in total. The fourth-order valence-electron chi connectivity index (χ4n) is 4.84. The highest BCUT2D eigenvalue weighted by Gasteiger charge is 2.21. The minimum absolute atomic E-state index is 0.0798. The van der Waals surface area contributed by atoms with Gasteiger partial charge < -0.3 is 30.4 Å². The minimum Gasteiger partial charge on any atom is -0.481 e. The van der Waals surface area contributed by atoms with E-state index < -0.39 is 5.97 Å². The number of fused-ring (bicyclic) bond motifs is 2. The van der Waals surface area contributed by atoms with Gasteiger partial charge in [0.2, 0.25) is 12.7 Å². The molecule has 0 radical (unpaired) electrons. The van der Waals surface area contributed by atoms with Gasteiger partial charge in [-0.3, -0.25) is 4.79 Å². The Hall–Kier alpha value is -4.53. The maximum atomic E-state index is 11.7. The number of hydrogen-bond donors (Lipinski definition) is 3. The van der Waals surface area contributed by atoms with Crippen molar-refractivity contribution in [3.05, 3.63) is 94.8 Å². The Kier molecular flexibility index (Phi) is 8.80. The number of carbonyl (C=O) groups is 1. The summed E-state index contributed by atoms with van der Waals surface area (Å²) in [7, 11) is 0. The van der Waals surface area contributed by atoms with Crippen LogP contribution in [0.4, 0.5) is 5.82 Å². The zero-order chi connectivity index (χ0) is 27.7. The van der Waals surface area contributed by atoms with Crippen LogP contribution in [0.1, 0.15) is 47.6 Å². The number of aryl methyl sites for hydroxylation is 1. The molecule has 2 aliphatic heterocycles. The summed E-state index contributed by atoms with van der Waals surface area (Å²) in [5.74, 6) is 1.35. The second kappa shape index (κ2) is 13.0. The highest BCUT2D eigenvalue weighted by molar-refractivity contribution is 5.88. The number of nitrogens with zero attached hydrogens (tertiary/aromatic N) is 2. The topological polar surface area (TPSA) is 128 Å². The number of pyridine rings is 1. The second-order valence-corrected chi connectivity index (χ2v) is 9.91. The van der Waals surface area contributed by atoms with E-state index >= 15 is 0 Å². The first-order chi connectivity index (χ1) is 19.5. The van der Waals surface area contributed by atoms with Gasteiger partial charge in [0.25, 0.3) is 0 Å². The van der Waals surface area contributed by atoms with Gasteiger partial charge in [0.05, 0.1) is 19.6 Å². The molecule has 3 heterocycles. The Bertz CT molecular complexity index is 1390. The number of anilines is 1. The summed E-state index contributed by atoms with van der Waals surface area (Å²) < 4.78 is 17.0. The van der Waals surface area contributed by atoms with Gasteiger partial charge in [-0.1, -0.05) is 42.5 Å². The van der Waals surface area contributed by atoms with E-state index in [9.17, 15) is 9.90 Å². The number of benzene rings is 2. The van der Waals surface area contributed by atoms with Crippen LogP contribution in [-0.2, 0) is 28.9 Å². The summed E-state index contributed by atoms with van der Waals surface area (Å²) in [5, 5.41) is 12.9. The van der Waals surface area contributed by atoms with E-state index in [-0.39, 0.29) is 19.1 Å². The fraction of sp³-hybridized carbons (Fsp3) is 0.323. The van der Waals surface area contributed by atoms with E-state index in [4.69, 9.17) is 24.9 Å². The van der Waals surface area contributed by atoms with E-state index in [0.29, 0.717) is 49.1 Å². The molecule has 208 valence electrons. The Morgan fingerprint density at radius 1 is 1.12 bits per heavy atom. The maximum absolute atomic E-state index is 11.7. The highest BCUT2D eigenvalue weighted by atomic mass is 16.7. The summed E-state index contributed by atoms with van der Waals surface area (Å²) in [4.78, 5) is 21.1. The molecule has 1 atom stereocenters. The zero-order valence-electron chi connectivity index (χ0n) is 22.3. The van der Waals surface area contributed by atoms with Gasteiger partial charge in [-0.05, 0) is 60.1 Å². The van der Waals surface area contributed by atoms with E-state index in [1.54, 1.807) is 12.1 Å². The Morgan fingerprint density at radius 3 is 2.83 bits per heavy atom. The normalized spacial score (nSPS) is 15.2. The van der Waals surface area contributed by atoms with Crippen molar-refractivity contribution in [3.8, 4) is 11.5 Å². The van der Waals surface area contributed by atoms with Crippen LogP contribution in [0.25, 0.3) is 0 Å². The molecule has 40 heavy (non-hydrogen) atoms. The number of ether oxygens (including phenoxy) is 3. The smallest absolute Gasteiger partial charge is 0.303 e. The lowest BCUT2D eigenvalue weighted by molar-refractivity contribution is -0.137. The molecule has 0 fully saturated rings. The molecule has 1 unspecified atom stereocenters. The molecule has 2 aliphatic rings. The predicted octanol–water partition coefficient (Wildman–Crippen LogP) is 4.82. The largest absolute Gasteiger partial charge is 0.481 e. The Labute approximate surface area is 233 Å². The summed E-state index contributed by atoms with van der Waals surface area (Å²) in [5.41, 5.74) is 11.0. The number of nitrogens with one attached hydrogen (secondary N) is 1. The fourth-order valence-corrected chi connectivity index (χ4v) is 4.84. The predicted molar refractivity (Wildman–Crippen MR) is 153 cm³/mol. The second-order valence-electron chi connectivity index (χ2n) is 9.91. The van der Waals surface area contributed by atoms with Crippen LogP contribution in [0, 0.1) is 0 Å². The molecular weight excluding hydrogens is 508 g/mol. The van der Waals surface area contributed by atoms with Crippen molar-refractivity contribution < 1.29 is 24.1 Å². The number of carboxylic acid groups (broad SMARTS) is 1. The molecular formula is C31H34N4O5. The van der Waals surface area contributed by atoms with Gasteiger partial charge in [0.1, 0.15) is 5.82 Å². The van der Waals surface area contributed by atoms with Crippen LogP contribution in [-0.4, -0.2) is 41.9 Å². The summed E-state index contributed by atoms with van der Waals surface area (Å²) in [6, 6.07) is 19.5. The maximum Gasteiger partial charge on any atom is 0.303 e. The number of aliphatic imine (C=N–C) groups is 1. The Balaban J connectivity index is 1.30. The number of hydrogen-bond acceptors (Lipinski definition) is 8. The van der Waals surface area contributed by atoms with Crippen molar-refractivity contribution in [2.24, 2.45) is 10.7 Å². The number of nitrogens with two attached hydrogens (primary N) is 1. The lowest BCUT2D eigenvalue weighted by atomic mass is 9.91. The van der Waals surface area contributed by atoms with E-state index in [1.165, 1.54) is 5.56 Å². The molecule has 4 N–H and O–H groups in total. The van der Waals surface area contributed by atoms with Crippen LogP contribution in [0.15, 0.2) is 77.4 Å². The number of aromatic nitrogens is 1. The molecule has 1 aromatic heterocycles. The van der Waals surface area contributed by atoms with Gasteiger partial charge in [-0.15, -0.1) is 0 Å². The minimum atomic E-state index is -0.906. The number of rotatable bonds is 11. The molecule has 0 aliphatic carbocycles. The van der Waals surface area contributed by atoms with Gasteiger partial charge >= 0.3 is 5.97 Å². The first-order valence-electron chi connectivity index (χ1n) is 13.5. The van der Waals surface area contributed by atoms with Crippen LogP contribution < -0.4 is 20.5 Å². The number of allylic oxidation sites excluding steroid dienone is 1. The van der Waals surface area contributed by atoms with Crippen molar-refractivity contribution in [2.75, 3.05) is 25.3 Å². The SMILES string of the molecule is NC(=CC(=NCc1ccccc1)OCCc1ccc2c(n1)NCCC2)CC(CC(=O)O)c1ccc2c(c1)OCO2. The molecule has 5 rings (SSSR count). The monoisotopic (exact) mass is 542 g/mol. The third kappa shape index (κ3) is 7.31. The third-order valence-corrected chi connectivity index (χ3v) is 6.90. The lowest BCUT2D eigenvalue weighted by Gasteiger charge is -2.18. The van der Waals surface area contributed by atoms with E-state index in [2.05, 4.69) is 16.4 Å². The molecule has 2 aromatic carbocycles. The van der Waals surface area contributed by atoms with Gasteiger partial charge in [0.15, 0.2) is 11.5 Å². The van der Waals surface area contributed by atoms with Crippen LogP contribution in [0.5, 0.6) is 11.5 Å². The standard InChI is InChI=1S/C31H34N4O5/c32-25(15-24(17-30(36)37)23-9-11-27-28(16-23)40-20-39-27)18-29(34-19-21-5-2-1-3-6-21)38-14-12-26-10-8-22-7-4-13-33-31(22)35-26/h1-3,5-6,8-11,16,18,24H,4,7,12-15,17,19-20,32H2,(H,33,35)(H,36,37). The third-order valence-electron chi connectivity index (χ3n) is 6.90. The summed E-state index contributed by atoms with van der Waals surface area (Å²) in [6.07, 6.45) is 4.72. The number of aliphatic carboxylic acids is 1. The van der Waals surface area contributed by atoms with E-state index in [1.807, 2.05) is 48.5 Å². The first kappa shape index (κ1) is 27.1. The molecule has 0 saturated heterocycles. The van der Waals surface area contributed by atoms with Crippen LogP contribution >= 0.6 is 0 Å². The molecule has 3 aromatic rings. The van der Waals surface area contributed by atoms with Crippen LogP contribution in [0.2, 0.25) is 0 Å². The molecule has 0 spiro atoms. The Morgan fingerprint density at radius 2 is 1.98 bits per heavy atom. The van der Waals surface area contributed by atoms with E-state index in [0.717, 1.165) is 42.0 Å². The van der Waals surface area contributed by atoms with Gasteiger partial charge in [-0.2, -0.15) is 0 Å². The van der Waals surface area contributed by atoms with Crippen molar-refractivity contribution in [3.63, 3.8) is 0 Å². The average molecular weight is 543 g/mol. The highest BCUT2D eigenvalue weighted by Crippen LogP contribution is 2.37. The molecule has 9 heteroatoms. The average Bonchev–Trinajstić information content (AvgIpc) is 3.44. The van der Waals surface area contributed by atoms with Crippen molar-refractivity contribution in [1.29, 1.82) is 0 Å². The molecule has 0 saturated carbocycles. The van der Waals surface area contributed by atoms with Gasteiger partial charge in [0, 0.05) is 30.4 Å². The van der Waals surface area contributed by atoms with Crippen molar-refractivity contribution in [2.45, 2.75) is 44.6 Å². The quantitative estimate of drug-likeness (QED) is 0.232. The summed E-state index contributed by atoms with van der Waals surface area (Å²) in [6.45, 7) is 1.90. The zero-order valence-corrected chi connectivity index (χ0v) is 22.3. The molecule has 0 bridgehead atoms. The first-order valence-corrected chi connectivity index (χ1v) is 13.5. The van der Waals surface area contributed by atoms with Crippen molar-refractivity contribution >= 4 is 17.7 Å². The summed E-state index contributed by atoms with van der Waals surface area (Å²) >= 11 is 0. The lowest BCUT2D eigenvalue weighted by Crippen LogP contribution is -2.15. The molecule has 0 amide bonds. The van der Waals surface area contributed by atoms with Crippen molar-refractivity contribution in [1.82, 2.24) is 4.98 Å². The van der Waals surface area contributed by atoms with Gasteiger partial charge in [-0.25, -0.2) is 9.98 Å². The van der Waals surface area contributed by atoms with Crippen LogP contribution in [0.3, 0.4) is 0 Å².